The van der Waals surface area contributed by atoms with E-state index in [9.17, 15) is 9.59 Å². The zero-order valence-electron chi connectivity index (χ0n) is 12.7. The first kappa shape index (κ1) is 14.8. The molecule has 1 aromatic heterocycles. The summed E-state index contributed by atoms with van der Waals surface area (Å²) in [5, 5.41) is 0.995. The van der Waals surface area contributed by atoms with E-state index in [2.05, 4.69) is 0 Å². The number of carbonyl (C=O) groups is 1. The van der Waals surface area contributed by atoms with Crippen LogP contribution in [0.15, 0.2) is 33.5 Å². The third kappa shape index (κ3) is 3.04. The number of fused-ring (bicyclic) bond motifs is 1. The molecule has 2 heterocycles. The number of primary amides is 1. The van der Waals surface area contributed by atoms with Crippen molar-refractivity contribution in [1.29, 1.82) is 0 Å². The van der Waals surface area contributed by atoms with Crippen molar-refractivity contribution in [3.8, 4) is 0 Å². The third-order valence-corrected chi connectivity index (χ3v) is 4.52. The molecule has 1 aromatic carbocycles. The van der Waals surface area contributed by atoms with Crippen molar-refractivity contribution in [2.24, 2.45) is 11.7 Å². The van der Waals surface area contributed by atoms with E-state index < -0.39 is 0 Å². The lowest BCUT2D eigenvalue weighted by atomic mass is 9.96. The summed E-state index contributed by atoms with van der Waals surface area (Å²) >= 11 is 0. The molecule has 1 aliphatic heterocycles. The fourth-order valence-electron chi connectivity index (χ4n) is 3.24. The van der Waals surface area contributed by atoms with Gasteiger partial charge < -0.3 is 15.1 Å². The highest BCUT2D eigenvalue weighted by molar-refractivity contribution is 5.80. The van der Waals surface area contributed by atoms with Gasteiger partial charge in [-0.2, -0.15) is 0 Å². The Hall–Kier alpha value is -2.14. The van der Waals surface area contributed by atoms with Crippen LogP contribution in [-0.4, -0.2) is 19.0 Å². The van der Waals surface area contributed by atoms with Crippen LogP contribution in [0.3, 0.4) is 0 Å². The van der Waals surface area contributed by atoms with Crippen LogP contribution in [0.4, 0.5) is 0 Å². The Morgan fingerprint density at radius 3 is 2.73 bits per heavy atom. The zero-order valence-corrected chi connectivity index (χ0v) is 12.7. The van der Waals surface area contributed by atoms with Crippen LogP contribution >= 0.6 is 0 Å². The van der Waals surface area contributed by atoms with Gasteiger partial charge in [-0.1, -0.05) is 12.1 Å². The first-order chi connectivity index (χ1) is 10.5. The number of quaternary nitrogens is 1. The maximum Gasteiger partial charge on any atom is 0.336 e. The maximum atomic E-state index is 11.8. The molecule has 0 radical (unpaired) electrons. The lowest BCUT2D eigenvalue weighted by Crippen LogP contribution is -3.11. The Balaban J connectivity index is 1.82. The molecule has 3 N–H and O–H groups in total. The molecular weight excluding hydrogens is 280 g/mol. The summed E-state index contributed by atoms with van der Waals surface area (Å²) in [5.74, 6) is -0.190. The molecule has 0 spiro atoms. The Morgan fingerprint density at radius 2 is 2.05 bits per heavy atom. The van der Waals surface area contributed by atoms with Crippen LogP contribution in [0.1, 0.15) is 24.0 Å². The van der Waals surface area contributed by atoms with E-state index in [0.717, 1.165) is 49.0 Å². The smallest absolute Gasteiger partial charge is 0.336 e. The molecular formula is C17H21N2O3+. The van der Waals surface area contributed by atoms with Crippen LogP contribution < -0.4 is 16.3 Å². The summed E-state index contributed by atoms with van der Waals surface area (Å²) in [5.41, 5.74) is 7.80. The van der Waals surface area contributed by atoms with Crippen molar-refractivity contribution in [2.75, 3.05) is 13.1 Å². The van der Waals surface area contributed by atoms with Gasteiger partial charge in [0.15, 0.2) is 0 Å². The number of carbonyl (C=O) groups excluding carboxylic acids is 1. The largest absolute Gasteiger partial charge is 0.423 e. The van der Waals surface area contributed by atoms with E-state index in [4.69, 9.17) is 10.2 Å². The molecule has 22 heavy (non-hydrogen) atoms. The highest BCUT2D eigenvalue weighted by atomic mass is 16.4. The zero-order chi connectivity index (χ0) is 15.7. The number of hydrogen-bond donors (Lipinski definition) is 2. The lowest BCUT2D eigenvalue weighted by molar-refractivity contribution is -0.919. The van der Waals surface area contributed by atoms with E-state index in [1.165, 1.54) is 4.90 Å². The van der Waals surface area contributed by atoms with Gasteiger partial charge in [-0.3, -0.25) is 4.79 Å². The minimum atomic E-state index is -0.306. The minimum Gasteiger partial charge on any atom is -0.423 e. The SMILES string of the molecule is Cc1ccc2c(C[NH+]3CCC(C(N)=O)CC3)cc(=O)oc2c1. The normalized spacial score (nSPS) is 21.9. The topological polar surface area (TPSA) is 77.7 Å². The second-order valence-electron chi connectivity index (χ2n) is 6.19. The number of benzene rings is 1. The molecule has 0 atom stereocenters. The molecule has 1 fully saturated rings. The van der Waals surface area contributed by atoms with Crippen molar-refractivity contribution in [3.63, 3.8) is 0 Å². The van der Waals surface area contributed by atoms with Gasteiger partial charge in [0.25, 0.3) is 0 Å². The summed E-state index contributed by atoms with van der Waals surface area (Å²) in [4.78, 5) is 24.4. The molecule has 5 nitrogen and oxygen atoms in total. The number of nitrogens with one attached hydrogen (secondary N) is 1. The van der Waals surface area contributed by atoms with Crippen molar-refractivity contribution < 1.29 is 14.1 Å². The Bertz CT molecular complexity index is 758. The van der Waals surface area contributed by atoms with Gasteiger partial charge in [-0.15, -0.1) is 0 Å². The van der Waals surface area contributed by atoms with Crippen molar-refractivity contribution in [2.45, 2.75) is 26.3 Å². The number of piperidine rings is 1. The van der Waals surface area contributed by atoms with E-state index >= 15 is 0 Å². The minimum absolute atomic E-state index is 0.00369. The molecule has 0 saturated carbocycles. The number of likely N-dealkylation sites (tertiary alicyclic amines) is 1. The van der Waals surface area contributed by atoms with E-state index in [-0.39, 0.29) is 17.5 Å². The molecule has 5 heteroatoms. The number of aryl methyl sites for hydroxylation is 1. The van der Waals surface area contributed by atoms with Gasteiger partial charge in [0.2, 0.25) is 5.91 Å². The van der Waals surface area contributed by atoms with Crippen molar-refractivity contribution in [3.05, 3.63) is 45.8 Å². The summed E-state index contributed by atoms with van der Waals surface area (Å²) in [7, 11) is 0. The van der Waals surface area contributed by atoms with Gasteiger partial charge in [-0.25, -0.2) is 4.79 Å². The van der Waals surface area contributed by atoms with Crippen LogP contribution in [0.2, 0.25) is 0 Å². The monoisotopic (exact) mass is 301 g/mol. The Morgan fingerprint density at radius 1 is 1.32 bits per heavy atom. The summed E-state index contributed by atoms with van der Waals surface area (Å²) < 4.78 is 5.29. The van der Waals surface area contributed by atoms with Crippen molar-refractivity contribution >= 4 is 16.9 Å². The molecule has 0 bridgehead atoms. The van der Waals surface area contributed by atoms with Gasteiger partial charge in [0, 0.05) is 35.8 Å². The summed E-state index contributed by atoms with van der Waals surface area (Å²) in [6, 6.07) is 7.53. The number of hydrogen-bond acceptors (Lipinski definition) is 3. The van der Waals surface area contributed by atoms with Crippen LogP contribution in [0.25, 0.3) is 11.0 Å². The Kier molecular flexibility index (Phi) is 3.98. The average Bonchev–Trinajstić information content (AvgIpc) is 2.47. The highest BCUT2D eigenvalue weighted by Crippen LogP contribution is 2.18. The fraction of sp³-hybridized carbons (Fsp3) is 0.412. The van der Waals surface area contributed by atoms with E-state index in [1.54, 1.807) is 6.07 Å². The predicted molar refractivity (Wildman–Crippen MR) is 83.5 cm³/mol. The molecule has 0 aliphatic carbocycles. The second-order valence-corrected chi connectivity index (χ2v) is 6.19. The molecule has 0 unspecified atom stereocenters. The van der Waals surface area contributed by atoms with Crippen LogP contribution in [0.5, 0.6) is 0 Å². The van der Waals surface area contributed by atoms with Crippen LogP contribution in [0, 0.1) is 12.8 Å². The maximum absolute atomic E-state index is 11.8. The quantitative estimate of drug-likeness (QED) is 0.805. The molecule has 3 rings (SSSR count). The number of rotatable bonds is 3. The van der Waals surface area contributed by atoms with Gasteiger partial charge >= 0.3 is 5.63 Å². The van der Waals surface area contributed by atoms with E-state index in [0.29, 0.717) is 5.58 Å². The van der Waals surface area contributed by atoms with Gasteiger partial charge in [0.05, 0.1) is 13.1 Å². The number of amides is 1. The summed E-state index contributed by atoms with van der Waals surface area (Å²) in [6.07, 6.45) is 1.65. The molecule has 1 amide bonds. The fourth-order valence-corrected chi connectivity index (χ4v) is 3.24. The number of nitrogens with two attached hydrogens (primary N) is 1. The first-order valence-electron chi connectivity index (χ1n) is 7.69. The first-order valence-corrected chi connectivity index (χ1v) is 7.69. The standard InChI is InChI=1S/C17H20N2O3/c1-11-2-3-14-13(9-16(20)22-15(14)8-11)10-19-6-4-12(5-7-19)17(18)21/h2-3,8-9,12H,4-7,10H2,1H3,(H2,18,21)/p+1. The molecule has 1 aliphatic rings. The highest BCUT2D eigenvalue weighted by Gasteiger charge is 2.26. The predicted octanol–water partition coefficient (Wildman–Crippen LogP) is 0.382. The van der Waals surface area contributed by atoms with Crippen LogP contribution in [-0.2, 0) is 11.3 Å². The summed E-state index contributed by atoms with van der Waals surface area (Å²) in [6.45, 7) is 4.56. The van der Waals surface area contributed by atoms with Gasteiger partial charge in [0.1, 0.15) is 12.1 Å². The Labute approximate surface area is 128 Å². The molecule has 2 aromatic rings. The average molecular weight is 301 g/mol. The van der Waals surface area contributed by atoms with Gasteiger partial charge in [-0.05, 0) is 18.6 Å². The molecule has 1 saturated heterocycles. The third-order valence-electron chi connectivity index (χ3n) is 4.52. The molecule has 116 valence electrons. The van der Waals surface area contributed by atoms with E-state index in [1.807, 2.05) is 25.1 Å². The lowest BCUT2D eigenvalue weighted by Gasteiger charge is -2.27. The second kappa shape index (κ2) is 5.93. The van der Waals surface area contributed by atoms with Crippen molar-refractivity contribution in [1.82, 2.24) is 0 Å².